The minimum atomic E-state index is -0.321. The van der Waals surface area contributed by atoms with Crippen LogP contribution >= 0.6 is 0 Å². The Bertz CT molecular complexity index is 912. The molecular formula is C16H16FN5O2. The summed E-state index contributed by atoms with van der Waals surface area (Å²) in [7, 11) is 0. The fourth-order valence-corrected chi connectivity index (χ4v) is 2.73. The number of benzene rings is 1. The SMILES string of the molecule is O=c1cc(CN2CCOCC2)nc2nc(-c3ccc(F)cc3)[nH]n12. The van der Waals surface area contributed by atoms with Gasteiger partial charge in [-0.1, -0.05) is 0 Å². The minimum Gasteiger partial charge on any atom is -0.379 e. The maximum atomic E-state index is 13.0. The molecule has 1 aliphatic heterocycles. The van der Waals surface area contributed by atoms with Crippen LogP contribution in [-0.4, -0.2) is 50.8 Å². The van der Waals surface area contributed by atoms with Gasteiger partial charge in [-0.15, -0.1) is 0 Å². The van der Waals surface area contributed by atoms with Crippen molar-refractivity contribution in [1.82, 2.24) is 24.5 Å². The number of aromatic nitrogens is 4. The lowest BCUT2D eigenvalue weighted by molar-refractivity contribution is 0.0336. The lowest BCUT2D eigenvalue weighted by Gasteiger charge is -2.25. The fraction of sp³-hybridized carbons (Fsp3) is 0.312. The van der Waals surface area contributed by atoms with Gasteiger partial charge in [0.05, 0.1) is 18.9 Å². The van der Waals surface area contributed by atoms with Crippen LogP contribution in [-0.2, 0) is 11.3 Å². The van der Waals surface area contributed by atoms with Crippen molar-refractivity contribution in [3.63, 3.8) is 0 Å². The molecule has 0 spiro atoms. The van der Waals surface area contributed by atoms with Crippen molar-refractivity contribution < 1.29 is 9.13 Å². The summed E-state index contributed by atoms with van der Waals surface area (Å²) in [5, 5.41) is 2.90. The summed E-state index contributed by atoms with van der Waals surface area (Å²) in [4.78, 5) is 23.3. The molecule has 24 heavy (non-hydrogen) atoms. The van der Waals surface area contributed by atoms with E-state index in [1.54, 1.807) is 12.1 Å². The molecule has 0 amide bonds. The molecule has 124 valence electrons. The number of ether oxygens (including phenoxy) is 1. The zero-order valence-electron chi connectivity index (χ0n) is 12.9. The molecule has 0 bridgehead atoms. The number of hydrogen-bond donors (Lipinski definition) is 1. The Labute approximate surface area is 136 Å². The summed E-state index contributed by atoms with van der Waals surface area (Å²) in [6, 6.07) is 7.42. The number of halogens is 1. The van der Waals surface area contributed by atoms with Gasteiger partial charge in [-0.2, -0.15) is 9.50 Å². The molecule has 0 radical (unpaired) electrons. The van der Waals surface area contributed by atoms with Gasteiger partial charge in [0.1, 0.15) is 5.82 Å². The van der Waals surface area contributed by atoms with Crippen LogP contribution in [0.3, 0.4) is 0 Å². The first-order valence-corrected chi connectivity index (χ1v) is 7.74. The van der Waals surface area contributed by atoms with Crippen LogP contribution < -0.4 is 5.56 Å². The molecule has 1 aromatic carbocycles. The number of fused-ring (bicyclic) bond motifs is 1. The van der Waals surface area contributed by atoms with Gasteiger partial charge in [-0.05, 0) is 24.3 Å². The molecule has 1 saturated heterocycles. The average Bonchev–Trinajstić information content (AvgIpc) is 3.01. The second-order valence-corrected chi connectivity index (χ2v) is 5.69. The predicted molar refractivity (Wildman–Crippen MR) is 85.1 cm³/mol. The van der Waals surface area contributed by atoms with Crippen molar-refractivity contribution in [1.29, 1.82) is 0 Å². The van der Waals surface area contributed by atoms with Gasteiger partial charge in [0.25, 0.3) is 11.3 Å². The van der Waals surface area contributed by atoms with Crippen molar-refractivity contribution in [3.05, 3.63) is 52.2 Å². The zero-order valence-corrected chi connectivity index (χ0v) is 12.9. The molecule has 8 heteroatoms. The molecule has 0 aliphatic carbocycles. The molecular weight excluding hydrogens is 313 g/mol. The van der Waals surface area contributed by atoms with E-state index in [-0.39, 0.29) is 11.4 Å². The van der Waals surface area contributed by atoms with Crippen LogP contribution in [0.4, 0.5) is 4.39 Å². The van der Waals surface area contributed by atoms with E-state index in [2.05, 4.69) is 20.0 Å². The monoisotopic (exact) mass is 329 g/mol. The van der Waals surface area contributed by atoms with E-state index in [0.717, 1.165) is 13.1 Å². The van der Waals surface area contributed by atoms with Crippen LogP contribution in [0.2, 0.25) is 0 Å². The van der Waals surface area contributed by atoms with Gasteiger partial charge in [-0.25, -0.2) is 9.37 Å². The lowest BCUT2D eigenvalue weighted by atomic mass is 10.2. The number of nitrogens with zero attached hydrogens (tertiary/aromatic N) is 4. The topological polar surface area (TPSA) is 75.5 Å². The van der Waals surface area contributed by atoms with Crippen LogP contribution in [0.5, 0.6) is 0 Å². The van der Waals surface area contributed by atoms with Crippen LogP contribution in [0.1, 0.15) is 5.69 Å². The van der Waals surface area contributed by atoms with Gasteiger partial charge >= 0.3 is 0 Å². The number of nitrogens with one attached hydrogen (secondary N) is 1. The van der Waals surface area contributed by atoms with Gasteiger partial charge in [0.15, 0.2) is 5.82 Å². The van der Waals surface area contributed by atoms with E-state index in [0.29, 0.717) is 42.6 Å². The molecule has 0 saturated carbocycles. The molecule has 7 nitrogen and oxygen atoms in total. The summed E-state index contributed by atoms with van der Waals surface area (Å²) in [6.07, 6.45) is 0. The van der Waals surface area contributed by atoms with E-state index in [9.17, 15) is 9.18 Å². The first-order valence-electron chi connectivity index (χ1n) is 7.74. The fourth-order valence-electron chi connectivity index (χ4n) is 2.73. The Morgan fingerprint density at radius 2 is 1.92 bits per heavy atom. The van der Waals surface area contributed by atoms with Crippen molar-refractivity contribution in [2.75, 3.05) is 26.3 Å². The first kappa shape index (κ1) is 15.0. The van der Waals surface area contributed by atoms with E-state index < -0.39 is 0 Å². The Hall–Kier alpha value is -2.58. The minimum absolute atomic E-state index is 0.218. The molecule has 4 rings (SSSR count). The lowest BCUT2D eigenvalue weighted by Crippen LogP contribution is -2.36. The van der Waals surface area contributed by atoms with Crippen LogP contribution in [0, 0.1) is 5.82 Å². The number of H-pyrrole nitrogens is 1. The maximum Gasteiger partial charge on any atom is 0.274 e. The third-order valence-electron chi connectivity index (χ3n) is 3.99. The van der Waals surface area contributed by atoms with E-state index >= 15 is 0 Å². The van der Waals surface area contributed by atoms with Gasteiger partial charge < -0.3 is 4.74 Å². The van der Waals surface area contributed by atoms with Gasteiger partial charge in [-0.3, -0.25) is 14.8 Å². The third kappa shape index (κ3) is 2.93. The second kappa shape index (κ2) is 6.14. The first-order chi connectivity index (χ1) is 11.7. The quantitative estimate of drug-likeness (QED) is 0.777. The van der Waals surface area contributed by atoms with Crippen molar-refractivity contribution in [2.24, 2.45) is 0 Å². The number of rotatable bonds is 3. The molecule has 1 aliphatic rings. The highest BCUT2D eigenvalue weighted by molar-refractivity contribution is 5.56. The van der Waals surface area contributed by atoms with Crippen molar-refractivity contribution in [2.45, 2.75) is 6.54 Å². The zero-order chi connectivity index (χ0) is 16.5. The normalized spacial score (nSPS) is 15.9. The Morgan fingerprint density at radius 3 is 2.67 bits per heavy atom. The number of aromatic amines is 1. The summed E-state index contributed by atoms with van der Waals surface area (Å²) in [5.41, 5.74) is 1.15. The Morgan fingerprint density at radius 1 is 1.17 bits per heavy atom. The number of hydrogen-bond acceptors (Lipinski definition) is 5. The largest absolute Gasteiger partial charge is 0.379 e. The molecule has 0 atom stereocenters. The highest BCUT2D eigenvalue weighted by atomic mass is 19.1. The smallest absolute Gasteiger partial charge is 0.274 e. The van der Waals surface area contributed by atoms with Crippen LogP contribution in [0.15, 0.2) is 35.1 Å². The molecule has 3 aromatic rings. The predicted octanol–water partition coefficient (Wildman–Crippen LogP) is 1.06. The molecule has 1 fully saturated rings. The molecule has 3 heterocycles. The third-order valence-corrected chi connectivity index (χ3v) is 3.99. The van der Waals surface area contributed by atoms with Gasteiger partial charge in [0.2, 0.25) is 0 Å². The summed E-state index contributed by atoms with van der Waals surface area (Å²) in [6.45, 7) is 3.62. The highest BCUT2D eigenvalue weighted by Gasteiger charge is 2.14. The Kier molecular flexibility index (Phi) is 3.83. The van der Waals surface area contributed by atoms with Gasteiger partial charge in [0, 0.05) is 31.3 Å². The summed E-state index contributed by atoms with van der Waals surface area (Å²) < 4.78 is 19.6. The average molecular weight is 329 g/mol. The Balaban J connectivity index is 1.67. The maximum absolute atomic E-state index is 13.0. The van der Waals surface area contributed by atoms with E-state index in [1.807, 2.05) is 0 Å². The van der Waals surface area contributed by atoms with E-state index in [1.165, 1.54) is 22.7 Å². The molecule has 2 aromatic heterocycles. The van der Waals surface area contributed by atoms with Crippen molar-refractivity contribution >= 4 is 5.78 Å². The van der Waals surface area contributed by atoms with Crippen LogP contribution in [0.25, 0.3) is 17.2 Å². The summed E-state index contributed by atoms with van der Waals surface area (Å²) >= 11 is 0. The summed E-state index contributed by atoms with van der Waals surface area (Å²) in [5.74, 6) is 0.464. The molecule has 0 unspecified atom stereocenters. The van der Waals surface area contributed by atoms with Crippen molar-refractivity contribution in [3.8, 4) is 11.4 Å². The van der Waals surface area contributed by atoms with E-state index in [4.69, 9.17) is 4.74 Å². The molecule has 1 N–H and O–H groups in total. The highest BCUT2D eigenvalue weighted by Crippen LogP contribution is 2.15. The second-order valence-electron chi connectivity index (χ2n) is 5.69. The standard InChI is InChI=1S/C16H16FN5O2/c17-12-3-1-11(2-4-12)15-19-16-18-13(9-14(23)22(16)20-15)10-21-5-7-24-8-6-21/h1-4,9H,5-8,10H2,(H,18,19,20). The number of morpholine rings is 1.